The lowest BCUT2D eigenvalue weighted by Gasteiger charge is -2.35. The summed E-state index contributed by atoms with van der Waals surface area (Å²) in [5.41, 5.74) is 0.747. The second-order valence-corrected chi connectivity index (χ2v) is 8.34. The van der Waals surface area contributed by atoms with Crippen molar-refractivity contribution in [3.63, 3.8) is 0 Å². The SMILES string of the molecule is CC(C)Oc1cc(Br)ccc1C(=O)N1CCN(C(=O)c2ccc(F)cc2Cl)CC1. The number of halogens is 3. The molecule has 0 aliphatic carbocycles. The molecule has 5 nitrogen and oxygen atoms in total. The summed E-state index contributed by atoms with van der Waals surface area (Å²) in [6.45, 7) is 5.33. The Labute approximate surface area is 182 Å². The van der Waals surface area contributed by atoms with Crippen LogP contribution in [0.15, 0.2) is 40.9 Å². The smallest absolute Gasteiger partial charge is 0.257 e. The van der Waals surface area contributed by atoms with Gasteiger partial charge in [0, 0.05) is 30.7 Å². The van der Waals surface area contributed by atoms with Gasteiger partial charge in [0.25, 0.3) is 11.8 Å². The fraction of sp³-hybridized carbons (Fsp3) is 0.333. The van der Waals surface area contributed by atoms with E-state index in [0.29, 0.717) is 37.5 Å². The standard InChI is InChI=1S/C21H21BrClFN2O3/c1-13(2)29-19-11-14(22)3-5-17(19)21(28)26-9-7-25(8-10-26)20(27)16-6-4-15(24)12-18(16)23/h3-6,11-13H,7-10H2,1-2H3. The molecule has 0 spiro atoms. The highest BCUT2D eigenvalue weighted by atomic mass is 79.9. The number of hydrogen-bond acceptors (Lipinski definition) is 3. The summed E-state index contributed by atoms with van der Waals surface area (Å²) in [6, 6.07) is 9.04. The molecule has 0 saturated carbocycles. The minimum atomic E-state index is -0.490. The number of hydrogen-bond donors (Lipinski definition) is 0. The number of benzene rings is 2. The number of nitrogens with zero attached hydrogens (tertiary/aromatic N) is 2. The van der Waals surface area contributed by atoms with E-state index in [9.17, 15) is 14.0 Å². The van der Waals surface area contributed by atoms with Crippen LogP contribution in [0.3, 0.4) is 0 Å². The van der Waals surface area contributed by atoms with Gasteiger partial charge in [0.1, 0.15) is 11.6 Å². The van der Waals surface area contributed by atoms with Gasteiger partial charge in [0.05, 0.1) is 22.3 Å². The first kappa shape index (κ1) is 21.6. The summed E-state index contributed by atoms with van der Waals surface area (Å²) in [7, 11) is 0. The van der Waals surface area contributed by atoms with Crippen molar-refractivity contribution < 1.29 is 18.7 Å². The fourth-order valence-corrected chi connectivity index (χ4v) is 3.73. The van der Waals surface area contributed by atoms with Crippen LogP contribution in [0.25, 0.3) is 0 Å². The molecule has 0 bridgehead atoms. The average Bonchev–Trinajstić information content (AvgIpc) is 2.67. The van der Waals surface area contributed by atoms with Gasteiger partial charge in [-0.15, -0.1) is 0 Å². The molecule has 1 aliphatic heterocycles. The van der Waals surface area contributed by atoms with E-state index in [0.717, 1.165) is 10.5 Å². The van der Waals surface area contributed by atoms with Gasteiger partial charge < -0.3 is 14.5 Å². The molecular formula is C21H21BrClFN2O3. The monoisotopic (exact) mass is 482 g/mol. The van der Waals surface area contributed by atoms with Crippen LogP contribution in [-0.2, 0) is 0 Å². The van der Waals surface area contributed by atoms with Crippen molar-refractivity contribution in [3.05, 3.63) is 62.8 Å². The Morgan fingerprint density at radius 2 is 1.55 bits per heavy atom. The van der Waals surface area contributed by atoms with Crippen LogP contribution >= 0.6 is 27.5 Å². The maximum Gasteiger partial charge on any atom is 0.257 e. The summed E-state index contributed by atoms with van der Waals surface area (Å²) in [5, 5.41) is 0.0823. The van der Waals surface area contributed by atoms with Crippen LogP contribution in [0, 0.1) is 5.82 Å². The lowest BCUT2D eigenvalue weighted by Crippen LogP contribution is -2.50. The molecule has 0 aromatic heterocycles. The highest BCUT2D eigenvalue weighted by Gasteiger charge is 2.28. The van der Waals surface area contributed by atoms with Crippen molar-refractivity contribution in [1.82, 2.24) is 9.80 Å². The van der Waals surface area contributed by atoms with E-state index in [-0.39, 0.29) is 28.5 Å². The lowest BCUT2D eigenvalue weighted by molar-refractivity contribution is 0.0532. The third-order valence-corrected chi connectivity index (χ3v) is 5.36. The molecule has 0 radical (unpaired) electrons. The molecule has 154 valence electrons. The van der Waals surface area contributed by atoms with Crippen molar-refractivity contribution in [2.75, 3.05) is 26.2 Å². The van der Waals surface area contributed by atoms with Gasteiger partial charge in [-0.05, 0) is 50.2 Å². The molecule has 8 heteroatoms. The van der Waals surface area contributed by atoms with Gasteiger partial charge in [-0.25, -0.2) is 4.39 Å². The molecule has 3 rings (SSSR count). The van der Waals surface area contributed by atoms with E-state index in [1.807, 2.05) is 13.8 Å². The maximum absolute atomic E-state index is 13.2. The Morgan fingerprint density at radius 3 is 2.10 bits per heavy atom. The van der Waals surface area contributed by atoms with Crippen LogP contribution in [-0.4, -0.2) is 53.9 Å². The Hall–Kier alpha value is -2.12. The second kappa shape index (κ2) is 9.13. The van der Waals surface area contributed by atoms with Gasteiger partial charge >= 0.3 is 0 Å². The Morgan fingerprint density at radius 1 is 1.00 bits per heavy atom. The first-order valence-corrected chi connectivity index (χ1v) is 10.4. The highest BCUT2D eigenvalue weighted by Crippen LogP contribution is 2.27. The maximum atomic E-state index is 13.2. The number of carbonyl (C=O) groups excluding carboxylic acids is 2. The summed E-state index contributed by atoms with van der Waals surface area (Å²) in [5.74, 6) is -0.374. The van der Waals surface area contributed by atoms with Gasteiger partial charge in [0.2, 0.25) is 0 Å². The minimum Gasteiger partial charge on any atom is -0.490 e. The predicted octanol–water partition coefficient (Wildman–Crippen LogP) is 4.63. The Bertz CT molecular complexity index is 930. The van der Waals surface area contributed by atoms with Crippen molar-refractivity contribution in [1.29, 1.82) is 0 Å². The molecule has 0 atom stereocenters. The number of amides is 2. The zero-order chi connectivity index (χ0) is 21.1. The van der Waals surface area contributed by atoms with E-state index in [4.69, 9.17) is 16.3 Å². The van der Waals surface area contributed by atoms with Gasteiger partial charge in [0.15, 0.2) is 0 Å². The predicted molar refractivity (Wildman–Crippen MR) is 113 cm³/mol. The molecule has 1 heterocycles. The van der Waals surface area contributed by atoms with Crippen molar-refractivity contribution in [2.45, 2.75) is 20.0 Å². The van der Waals surface area contributed by atoms with Crippen LogP contribution in [0.1, 0.15) is 34.6 Å². The van der Waals surface area contributed by atoms with Crippen molar-refractivity contribution >= 4 is 39.3 Å². The zero-order valence-electron chi connectivity index (χ0n) is 16.1. The summed E-state index contributed by atoms with van der Waals surface area (Å²) >= 11 is 9.41. The van der Waals surface area contributed by atoms with E-state index >= 15 is 0 Å². The Kier molecular flexibility index (Phi) is 6.80. The second-order valence-electron chi connectivity index (χ2n) is 7.02. The van der Waals surface area contributed by atoms with E-state index in [2.05, 4.69) is 15.9 Å². The lowest BCUT2D eigenvalue weighted by atomic mass is 10.1. The number of ether oxygens (including phenoxy) is 1. The van der Waals surface area contributed by atoms with Crippen LogP contribution in [0.5, 0.6) is 5.75 Å². The number of rotatable bonds is 4. The number of piperazine rings is 1. The third-order valence-electron chi connectivity index (χ3n) is 4.55. The highest BCUT2D eigenvalue weighted by molar-refractivity contribution is 9.10. The molecule has 0 unspecified atom stereocenters. The third kappa shape index (κ3) is 5.08. The molecule has 1 saturated heterocycles. The van der Waals surface area contributed by atoms with Crippen LogP contribution in [0.2, 0.25) is 5.02 Å². The molecule has 2 aromatic rings. The zero-order valence-corrected chi connectivity index (χ0v) is 18.5. The largest absolute Gasteiger partial charge is 0.490 e. The summed E-state index contributed by atoms with van der Waals surface area (Å²) < 4.78 is 19.8. The van der Waals surface area contributed by atoms with Gasteiger partial charge in [-0.1, -0.05) is 27.5 Å². The Balaban J connectivity index is 1.69. The van der Waals surface area contributed by atoms with Crippen molar-refractivity contribution in [2.24, 2.45) is 0 Å². The van der Waals surface area contributed by atoms with Gasteiger partial charge in [-0.2, -0.15) is 0 Å². The van der Waals surface area contributed by atoms with Crippen LogP contribution in [0.4, 0.5) is 4.39 Å². The normalized spacial score (nSPS) is 14.3. The van der Waals surface area contributed by atoms with Crippen LogP contribution < -0.4 is 4.74 Å². The molecule has 29 heavy (non-hydrogen) atoms. The fourth-order valence-electron chi connectivity index (χ4n) is 3.14. The minimum absolute atomic E-state index is 0.0641. The van der Waals surface area contributed by atoms with E-state index < -0.39 is 5.82 Å². The molecule has 0 N–H and O–H groups in total. The summed E-state index contributed by atoms with van der Waals surface area (Å²) in [6.07, 6.45) is -0.0641. The summed E-state index contributed by atoms with van der Waals surface area (Å²) in [4.78, 5) is 29.0. The average molecular weight is 484 g/mol. The first-order chi connectivity index (χ1) is 13.8. The number of carbonyl (C=O) groups is 2. The molecular weight excluding hydrogens is 463 g/mol. The molecule has 1 aliphatic rings. The first-order valence-electron chi connectivity index (χ1n) is 9.26. The van der Waals surface area contributed by atoms with E-state index in [1.54, 1.807) is 28.0 Å². The topological polar surface area (TPSA) is 49.9 Å². The molecule has 1 fully saturated rings. The molecule has 2 aromatic carbocycles. The van der Waals surface area contributed by atoms with Crippen molar-refractivity contribution in [3.8, 4) is 5.75 Å². The van der Waals surface area contributed by atoms with Gasteiger partial charge in [-0.3, -0.25) is 9.59 Å². The quantitative estimate of drug-likeness (QED) is 0.637. The molecule has 2 amide bonds. The van der Waals surface area contributed by atoms with E-state index in [1.165, 1.54) is 12.1 Å².